The van der Waals surface area contributed by atoms with Crippen LogP contribution in [0.3, 0.4) is 0 Å². The van der Waals surface area contributed by atoms with E-state index in [2.05, 4.69) is 34.6 Å². The van der Waals surface area contributed by atoms with Gasteiger partial charge in [0, 0.05) is 31.9 Å². The molecule has 0 spiro atoms. The van der Waals surface area contributed by atoms with Crippen LogP contribution in [-0.4, -0.2) is 60.8 Å². The van der Waals surface area contributed by atoms with Crippen molar-refractivity contribution >= 4 is 23.2 Å². The summed E-state index contributed by atoms with van der Waals surface area (Å²) < 4.78 is 22.8. The Morgan fingerprint density at radius 2 is 1.78 bits per heavy atom. The molecule has 228 valence electrons. The largest absolute Gasteiger partial charge is 0.496 e. The lowest BCUT2D eigenvalue weighted by Gasteiger charge is -2.41. The maximum Gasteiger partial charge on any atom is 0.332 e. The van der Waals surface area contributed by atoms with Crippen molar-refractivity contribution in [2.75, 3.05) is 27.9 Å². The summed E-state index contributed by atoms with van der Waals surface area (Å²) >= 11 is 1.50. The SMILES string of the molecule is COCc1cnc([C@H]2[C@@H](COC)C[C@@](CC(C)C)(C(=O)OC(C)(C)C)N2C(=O)c2ccc(C(C)(C)C)c(OC)c2)s1. The minimum absolute atomic E-state index is 0.109. The maximum absolute atomic E-state index is 14.8. The monoisotopic (exact) mass is 588 g/mol. The number of nitrogens with zero attached hydrogens (tertiary/aromatic N) is 2. The normalized spacial score (nSPS) is 21.4. The van der Waals surface area contributed by atoms with Crippen LogP contribution >= 0.6 is 11.3 Å². The van der Waals surface area contributed by atoms with Crippen molar-refractivity contribution in [1.82, 2.24) is 9.88 Å². The van der Waals surface area contributed by atoms with Gasteiger partial charge in [0.1, 0.15) is 21.9 Å². The molecular formula is C32H48N2O6S. The molecule has 2 aromatic rings. The first-order chi connectivity index (χ1) is 19.1. The van der Waals surface area contributed by atoms with Gasteiger partial charge in [-0.15, -0.1) is 11.3 Å². The molecule has 1 aliphatic heterocycles. The van der Waals surface area contributed by atoms with Crippen LogP contribution < -0.4 is 4.74 Å². The van der Waals surface area contributed by atoms with E-state index in [0.29, 0.717) is 37.4 Å². The average molecular weight is 589 g/mol. The van der Waals surface area contributed by atoms with E-state index >= 15 is 0 Å². The molecule has 1 aromatic heterocycles. The van der Waals surface area contributed by atoms with Gasteiger partial charge in [-0.3, -0.25) is 4.79 Å². The van der Waals surface area contributed by atoms with E-state index < -0.39 is 23.2 Å². The first-order valence-corrected chi connectivity index (χ1v) is 15.1. The number of benzene rings is 1. The zero-order valence-corrected chi connectivity index (χ0v) is 27.4. The van der Waals surface area contributed by atoms with E-state index in [4.69, 9.17) is 23.9 Å². The number of aromatic nitrogens is 1. The number of hydrogen-bond acceptors (Lipinski definition) is 8. The molecule has 1 fully saturated rings. The van der Waals surface area contributed by atoms with Crippen LogP contribution in [0, 0.1) is 11.8 Å². The Labute approximate surface area is 249 Å². The second-order valence-corrected chi connectivity index (χ2v) is 14.6. The number of thiazole rings is 1. The predicted molar refractivity (Wildman–Crippen MR) is 161 cm³/mol. The van der Waals surface area contributed by atoms with Gasteiger partial charge >= 0.3 is 5.97 Å². The van der Waals surface area contributed by atoms with Crippen LogP contribution in [0.5, 0.6) is 5.75 Å². The zero-order chi connectivity index (χ0) is 30.8. The lowest BCUT2D eigenvalue weighted by molar-refractivity contribution is -0.168. The zero-order valence-electron chi connectivity index (χ0n) is 26.6. The van der Waals surface area contributed by atoms with Crippen molar-refractivity contribution in [3.05, 3.63) is 45.4 Å². The Morgan fingerprint density at radius 3 is 2.32 bits per heavy atom. The molecule has 0 N–H and O–H groups in total. The van der Waals surface area contributed by atoms with Crippen LogP contribution in [0.1, 0.15) is 100 Å². The van der Waals surface area contributed by atoms with Gasteiger partial charge in [0.25, 0.3) is 5.91 Å². The van der Waals surface area contributed by atoms with E-state index in [0.717, 1.165) is 15.4 Å². The van der Waals surface area contributed by atoms with Crippen LogP contribution in [-0.2, 0) is 31.0 Å². The quantitative estimate of drug-likeness (QED) is 0.290. The molecule has 0 bridgehead atoms. The van der Waals surface area contributed by atoms with Crippen molar-refractivity contribution in [3.8, 4) is 5.75 Å². The predicted octanol–water partition coefficient (Wildman–Crippen LogP) is 6.57. The number of ether oxygens (including phenoxy) is 4. The first kappa shape index (κ1) is 33.0. The number of likely N-dealkylation sites (tertiary alicyclic amines) is 1. The third-order valence-corrected chi connectivity index (χ3v) is 8.32. The highest BCUT2D eigenvalue weighted by Gasteiger charge is 2.60. The van der Waals surface area contributed by atoms with E-state index in [-0.39, 0.29) is 23.2 Å². The Morgan fingerprint density at radius 1 is 1.10 bits per heavy atom. The standard InChI is InChI=1S/C32H48N2O6S/c1-20(2)15-32(29(36)40-31(6,7)8)16-22(18-37-9)26(27-33-17-23(41-27)19-38-10)34(32)28(35)21-12-13-24(30(3,4)5)25(14-21)39-11/h12-14,17,20,22,26H,15-16,18-19H2,1-11H3/t22-,26-,32+/m1/s1. The minimum atomic E-state index is -1.21. The fourth-order valence-electron chi connectivity index (χ4n) is 5.86. The number of esters is 1. The van der Waals surface area contributed by atoms with Crippen LogP contribution in [0.15, 0.2) is 24.4 Å². The Balaban J connectivity index is 2.28. The van der Waals surface area contributed by atoms with Gasteiger partial charge in [-0.2, -0.15) is 0 Å². The summed E-state index contributed by atoms with van der Waals surface area (Å²) in [6.45, 7) is 16.8. The minimum Gasteiger partial charge on any atom is -0.496 e. The first-order valence-electron chi connectivity index (χ1n) is 14.3. The van der Waals surface area contributed by atoms with Gasteiger partial charge in [0.15, 0.2) is 0 Å². The number of carbonyl (C=O) groups excluding carboxylic acids is 2. The maximum atomic E-state index is 14.8. The molecule has 2 heterocycles. The fraction of sp³-hybridized carbons (Fsp3) is 0.656. The molecule has 1 amide bonds. The number of amides is 1. The van der Waals surface area contributed by atoms with Crippen molar-refractivity contribution in [3.63, 3.8) is 0 Å². The fourth-order valence-corrected chi connectivity index (χ4v) is 6.94. The van der Waals surface area contributed by atoms with E-state index in [1.165, 1.54) is 11.3 Å². The van der Waals surface area contributed by atoms with Crippen LogP contribution in [0.2, 0.25) is 0 Å². The van der Waals surface area contributed by atoms with Gasteiger partial charge in [-0.05, 0) is 62.6 Å². The van der Waals surface area contributed by atoms with E-state index in [1.54, 1.807) is 38.5 Å². The summed E-state index contributed by atoms with van der Waals surface area (Å²) in [5, 5.41) is 0.750. The Kier molecular flexibility index (Phi) is 10.3. The lowest BCUT2D eigenvalue weighted by atomic mass is 9.83. The van der Waals surface area contributed by atoms with Crippen molar-refractivity contribution in [1.29, 1.82) is 0 Å². The highest BCUT2D eigenvalue weighted by Crippen LogP contribution is 2.52. The molecule has 0 unspecified atom stereocenters. The molecule has 41 heavy (non-hydrogen) atoms. The molecule has 3 atom stereocenters. The number of methoxy groups -OCH3 is 3. The summed E-state index contributed by atoms with van der Waals surface area (Å²) in [6.07, 6.45) is 2.63. The van der Waals surface area contributed by atoms with Gasteiger partial charge in [-0.25, -0.2) is 9.78 Å². The molecule has 1 saturated heterocycles. The highest BCUT2D eigenvalue weighted by atomic mass is 32.1. The summed E-state index contributed by atoms with van der Waals surface area (Å²) in [4.78, 5) is 36.5. The molecule has 0 saturated carbocycles. The van der Waals surface area contributed by atoms with Crippen molar-refractivity contribution in [2.24, 2.45) is 11.8 Å². The van der Waals surface area contributed by atoms with Gasteiger partial charge in [-0.1, -0.05) is 40.7 Å². The van der Waals surface area contributed by atoms with Crippen molar-refractivity contribution < 1.29 is 28.5 Å². The lowest BCUT2D eigenvalue weighted by Crippen LogP contribution is -2.56. The second kappa shape index (κ2) is 12.8. The second-order valence-electron chi connectivity index (χ2n) is 13.4. The number of rotatable bonds is 10. The highest BCUT2D eigenvalue weighted by molar-refractivity contribution is 7.11. The third-order valence-electron chi connectivity index (χ3n) is 7.28. The van der Waals surface area contributed by atoms with Gasteiger partial charge in [0.05, 0.1) is 31.2 Å². The molecule has 8 nitrogen and oxygen atoms in total. The molecule has 1 aliphatic rings. The summed E-state index contributed by atoms with van der Waals surface area (Å²) in [5.74, 6) is -0.0914. The van der Waals surface area contributed by atoms with Crippen LogP contribution in [0.25, 0.3) is 0 Å². The third kappa shape index (κ3) is 7.30. The summed E-state index contributed by atoms with van der Waals surface area (Å²) in [6, 6.07) is 5.08. The van der Waals surface area contributed by atoms with Crippen molar-refractivity contribution in [2.45, 2.75) is 97.4 Å². The summed E-state index contributed by atoms with van der Waals surface area (Å²) in [7, 11) is 4.90. The Hall–Kier alpha value is -2.49. The molecule has 1 aromatic carbocycles. The molecule has 3 rings (SSSR count). The molecular weight excluding hydrogens is 540 g/mol. The topological polar surface area (TPSA) is 87.2 Å². The Bertz CT molecular complexity index is 1210. The molecule has 9 heteroatoms. The van der Waals surface area contributed by atoms with Gasteiger partial charge < -0.3 is 23.8 Å². The molecule has 0 aliphatic carbocycles. The smallest absolute Gasteiger partial charge is 0.332 e. The average Bonchev–Trinajstić information content (AvgIpc) is 3.44. The number of carbonyl (C=O) groups is 2. The van der Waals surface area contributed by atoms with E-state index in [9.17, 15) is 9.59 Å². The molecule has 0 radical (unpaired) electrons. The van der Waals surface area contributed by atoms with Gasteiger partial charge in [0.2, 0.25) is 0 Å². The summed E-state index contributed by atoms with van der Waals surface area (Å²) in [5.41, 5.74) is -0.673. The van der Waals surface area contributed by atoms with Crippen LogP contribution in [0.4, 0.5) is 0 Å². The van der Waals surface area contributed by atoms with E-state index in [1.807, 2.05) is 32.9 Å². The number of hydrogen-bond donors (Lipinski definition) is 0.